The first-order chi connectivity index (χ1) is 7.99. The minimum absolute atomic E-state index is 0.0408. The van der Waals surface area contributed by atoms with Gasteiger partial charge in [0.15, 0.2) is 0 Å². The van der Waals surface area contributed by atoms with Crippen molar-refractivity contribution < 1.29 is 23.6 Å². The number of methoxy groups -OCH3 is 1. The normalized spacial score (nSPS) is 32.2. The molecule has 1 fully saturated rings. The van der Waals surface area contributed by atoms with Crippen molar-refractivity contribution in [1.82, 2.24) is 4.90 Å². The molecule has 8 heteroatoms. The summed E-state index contributed by atoms with van der Waals surface area (Å²) in [6, 6.07) is -0.866. The van der Waals surface area contributed by atoms with Gasteiger partial charge in [0.05, 0.1) is 23.2 Å². The van der Waals surface area contributed by atoms with Gasteiger partial charge < -0.3 is 15.6 Å². The predicted molar refractivity (Wildman–Crippen MR) is 58.2 cm³/mol. The molecule has 1 amide bonds. The van der Waals surface area contributed by atoms with E-state index in [4.69, 9.17) is 15.6 Å². The van der Waals surface area contributed by atoms with Crippen molar-refractivity contribution in [1.29, 1.82) is 0 Å². The van der Waals surface area contributed by atoms with Crippen LogP contribution in [0.15, 0.2) is 11.3 Å². The summed E-state index contributed by atoms with van der Waals surface area (Å²) in [5.41, 5.74) is 5.74. The summed E-state index contributed by atoms with van der Waals surface area (Å²) in [4.78, 5) is 23.7. The molecule has 0 radical (unpaired) electrons. The van der Waals surface area contributed by atoms with Crippen LogP contribution in [0.25, 0.3) is 0 Å². The lowest BCUT2D eigenvalue weighted by atomic mass is 10.0. The van der Waals surface area contributed by atoms with E-state index in [-0.39, 0.29) is 18.1 Å². The molecule has 2 unspecified atom stereocenters. The van der Waals surface area contributed by atoms with Crippen LogP contribution < -0.4 is 5.73 Å². The maximum atomic E-state index is 11.8. The molecule has 0 saturated carbocycles. The van der Waals surface area contributed by atoms with Crippen molar-refractivity contribution in [3.63, 3.8) is 0 Å². The minimum atomic E-state index is -1.37. The number of amides is 1. The van der Waals surface area contributed by atoms with E-state index in [1.807, 2.05) is 0 Å². The van der Waals surface area contributed by atoms with E-state index in [2.05, 4.69) is 0 Å². The van der Waals surface area contributed by atoms with Gasteiger partial charge in [-0.05, 0) is 5.57 Å². The topological polar surface area (TPSA) is 110 Å². The summed E-state index contributed by atoms with van der Waals surface area (Å²) in [6.07, 6.45) is 0. The first-order valence-electron chi connectivity index (χ1n) is 4.89. The van der Waals surface area contributed by atoms with E-state index >= 15 is 0 Å². The van der Waals surface area contributed by atoms with Gasteiger partial charge in [-0.25, -0.2) is 4.79 Å². The second kappa shape index (κ2) is 4.21. The summed E-state index contributed by atoms with van der Waals surface area (Å²) in [6.45, 7) is 0.0408. The fraction of sp³-hybridized carbons (Fsp3) is 0.556. The number of aliphatic carboxylic acids is 1. The fourth-order valence-corrected chi connectivity index (χ4v) is 3.66. The lowest BCUT2D eigenvalue weighted by Gasteiger charge is -2.47. The molecule has 0 aromatic carbocycles. The summed E-state index contributed by atoms with van der Waals surface area (Å²) in [7, 11) is 0.0389. The molecule has 0 aromatic heterocycles. The van der Waals surface area contributed by atoms with Gasteiger partial charge in [-0.1, -0.05) is 0 Å². The molecule has 3 N–H and O–H groups in total. The Kier molecular flexibility index (Phi) is 3.02. The van der Waals surface area contributed by atoms with Crippen LogP contribution in [0.1, 0.15) is 0 Å². The van der Waals surface area contributed by atoms with Crippen LogP contribution in [0.5, 0.6) is 0 Å². The average Bonchev–Trinajstić information content (AvgIpc) is 2.27. The van der Waals surface area contributed by atoms with Gasteiger partial charge in [0, 0.05) is 7.11 Å². The van der Waals surface area contributed by atoms with Gasteiger partial charge in [-0.2, -0.15) is 0 Å². The SMILES string of the molecule is COCC1=C(C(=O)O)N2C(=O)C(N)[C@H]2S(=O)C1. The van der Waals surface area contributed by atoms with Gasteiger partial charge in [0.25, 0.3) is 0 Å². The van der Waals surface area contributed by atoms with E-state index in [1.165, 1.54) is 7.11 Å². The standard InChI is InChI=1S/C9H12N2O5S/c1-16-2-4-3-17(15)8-5(10)7(12)11(8)6(4)9(13)14/h5,8H,2-3,10H2,1H3,(H,13,14)/t5?,8-,17?/m1/s1. The maximum Gasteiger partial charge on any atom is 0.352 e. The van der Waals surface area contributed by atoms with E-state index in [9.17, 15) is 13.8 Å². The molecule has 3 atom stereocenters. The second-order valence-corrected chi connectivity index (χ2v) is 5.37. The predicted octanol–water partition coefficient (Wildman–Crippen LogP) is -1.77. The van der Waals surface area contributed by atoms with Crippen molar-refractivity contribution in [3.05, 3.63) is 11.3 Å². The number of nitrogens with two attached hydrogens (primary N) is 1. The molecule has 2 aliphatic rings. The third-order valence-electron chi connectivity index (χ3n) is 2.77. The zero-order valence-corrected chi connectivity index (χ0v) is 9.90. The van der Waals surface area contributed by atoms with Crippen molar-refractivity contribution in [2.75, 3.05) is 19.5 Å². The third kappa shape index (κ3) is 1.68. The molecule has 0 bridgehead atoms. The maximum absolute atomic E-state index is 11.8. The second-order valence-electron chi connectivity index (χ2n) is 3.84. The van der Waals surface area contributed by atoms with Gasteiger partial charge in [-0.3, -0.25) is 13.9 Å². The highest BCUT2D eigenvalue weighted by Crippen LogP contribution is 2.33. The highest BCUT2D eigenvalue weighted by Gasteiger charge is 2.54. The Hall–Kier alpha value is -1.25. The number of carbonyl (C=O) groups is 2. The molecule has 17 heavy (non-hydrogen) atoms. The number of fused-ring (bicyclic) bond motifs is 1. The number of carboxylic acids is 1. The Bertz CT molecular complexity index is 447. The van der Waals surface area contributed by atoms with Crippen LogP contribution in [0.2, 0.25) is 0 Å². The third-order valence-corrected chi connectivity index (χ3v) is 4.44. The minimum Gasteiger partial charge on any atom is -0.477 e. The molecular weight excluding hydrogens is 248 g/mol. The van der Waals surface area contributed by atoms with E-state index in [1.54, 1.807) is 0 Å². The molecule has 0 aliphatic carbocycles. The number of carbonyl (C=O) groups excluding carboxylic acids is 1. The average molecular weight is 260 g/mol. The van der Waals surface area contributed by atoms with Crippen LogP contribution in [0.4, 0.5) is 0 Å². The first kappa shape index (κ1) is 12.2. The summed E-state index contributed by atoms with van der Waals surface area (Å²) >= 11 is 0. The summed E-state index contributed by atoms with van der Waals surface area (Å²) in [5.74, 6) is -1.65. The molecule has 0 spiro atoms. The zero-order valence-electron chi connectivity index (χ0n) is 9.08. The number of rotatable bonds is 3. The van der Waals surface area contributed by atoms with Crippen LogP contribution in [0, 0.1) is 0 Å². The number of β-lactam (4-membered cyclic amide) rings is 1. The number of hydrogen-bond donors (Lipinski definition) is 2. The molecule has 1 saturated heterocycles. The highest BCUT2D eigenvalue weighted by molar-refractivity contribution is 7.86. The summed E-state index contributed by atoms with van der Waals surface area (Å²) < 4.78 is 16.7. The summed E-state index contributed by atoms with van der Waals surface area (Å²) in [5, 5.41) is 8.39. The van der Waals surface area contributed by atoms with Crippen molar-refractivity contribution in [3.8, 4) is 0 Å². The lowest BCUT2D eigenvalue weighted by Crippen LogP contribution is -2.71. The molecule has 94 valence electrons. The van der Waals surface area contributed by atoms with Gasteiger partial charge in [0.1, 0.15) is 17.1 Å². The molecule has 0 aromatic rings. The Balaban J connectivity index is 2.44. The van der Waals surface area contributed by atoms with Gasteiger partial charge in [0.2, 0.25) is 5.91 Å². The molecule has 2 aliphatic heterocycles. The number of nitrogens with zero attached hydrogens (tertiary/aromatic N) is 1. The smallest absolute Gasteiger partial charge is 0.352 e. The Labute approximate surface area is 99.7 Å². The van der Waals surface area contributed by atoms with E-state index < -0.39 is 34.1 Å². The van der Waals surface area contributed by atoms with Crippen molar-refractivity contribution >= 4 is 22.7 Å². The highest BCUT2D eigenvalue weighted by atomic mass is 32.2. The van der Waals surface area contributed by atoms with E-state index in [0.717, 1.165) is 4.90 Å². The largest absolute Gasteiger partial charge is 0.477 e. The van der Waals surface area contributed by atoms with Gasteiger partial charge >= 0.3 is 5.97 Å². The molecule has 2 rings (SSSR count). The van der Waals surface area contributed by atoms with E-state index in [0.29, 0.717) is 5.57 Å². The van der Waals surface area contributed by atoms with Crippen molar-refractivity contribution in [2.45, 2.75) is 11.4 Å². The van der Waals surface area contributed by atoms with Crippen LogP contribution in [-0.2, 0) is 25.1 Å². The first-order valence-corrected chi connectivity index (χ1v) is 6.27. The lowest BCUT2D eigenvalue weighted by molar-refractivity contribution is -0.148. The Morgan fingerprint density at radius 3 is 2.88 bits per heavy atom. The van der Waals surface area contributed by atoms with Gasteiger partial charge in [-0.15, -0.1) is 0 Å². The number of carboxylic acid groups (broad SMARTS) is 1. The van der Waals surface area contributed by atoms with Crippen molar-refractivity contribution in [2.24, 2.45) is 5.73 Å². The quantitative estimate of drug-likeness (QED) is 0.581. The fourth-order valence-electron chi connectivity index (χ4n) is 2.04. The number of ether oxygens (including phenoxy) is 1. The Morgan fingerprint density at radius 2 is 2.35 bits per heavy atom. The van der Waals surface area contributed by atoms with Crippen LogP contribution in [0.3, 0.4) is 0 Å². The molecular formula is C9H12N2O5S. The molecule has 2 heterocycles. The zero-order chi connectivity index (χ0) is 12.7. The molecule has 7 nitrogen and oxygen atoms in total. The Morgan fingerprint density at radius 1 is 1.71 bits per heavy atom. The van der Waals surface area contributed by atoms with Crippen LogP contribution >= 0.6 is 0 Å². The number of hydrogen-bond acceptors (Lipinski definition) is 5. The monoisotopic (exact) mass is 260 g/mol. The van der Waals surface area contributed by atoms with Crippen LogP contribution in [-0.4, -0.2) is 57.0 Å².